The van der Waals surface area contributed by atoms with Crippen LogP contribution in [-0.4, -0.2) is 18.2 Å². The van der Waals surface area contributed by atoms with Crippen molar-refractivity contribution < 1.29 is 9.52 Å². The first-order chi connectivity index (χ1) is 8.69. The van der Waals surface area contributed by atoms with Gasteiger partial charge < -0.3 is 14.4 Å². The Morgan fingerprint density at radius 1 is 1.22 bits per heavy atom. The Labute approximate surface area is 105 Å². The summed E-state index contributed by atoms with van der Waals surface area (Å²) < 4.78 is 5.22. The van der Waals surface area contributed by atoms with Crippen molar-refractivity contribution in [1.82, 2.24) is 0 Å². The molecule has 4 nitrogen and oxygen atoms in total. The summed E-state index contributed by atoms with van der Waals surface area (Å²) in [6.45, 7) is 5.68. The number of hydrogen-bond donors (Lipinski definition) is 1. The van der Waals surface area contributed by atoms with E-state index in [1.54, 1.807) is 6.07 Å². The zero-order chi connectivity index (χ0) is 13.1. The average molecular weight is 247 g/mol. The van der Waals surface area contributed by atoms with Gasteiger partial charge in [0.05, 0.1) is 12.2 Å². The van der Waals surface area contributed by atoms with E-state index in [0.29, 0.717) is 5.58 Å². The summed E-state index contributed by atoms with van der Waals surface area (Å²) in [6, 6.07) is 7.44. The summed E-state index contributed by atoms with van der Waals surface area (Å²) in [6.07, 6.45) is 0. The number of anilines is 1. The van der Waals surface area contributed by atoms with Crippen LogP contribution in [0.5, 0.6) is 0 Å². The molecule has 96 valence electrons. The largest absolute Gasteiger partial charge is 0.422 e. The van der Waals surface area contributed by atoms with Gasteiger partial charge in [-0.15, -0.1) is 0 Å². The number of rotatable bonds is 4. The maximum absolute atomic E-state index is 11.5. The van der Waals surface area contributed by atoms with Gasteiger partial charge in [-0.1, -0.05) is 0 Å². The first kappa shape index (κ1) is 12.6. The van der Waals surface area contributed by atoms with E-state index in [4.69, 9.17) is 9.52 Å². The molecule has 1 aromatic carbocycles. The molecule has 2 aromatic rings. The number of nitrogens with zero attached hydrogens (tertiary/aromatic N) is 1. The van der Waals surface area contributed by atoms with Crippen molar-refractivity contribution in [1.29, 1.82) is 0 Å². The fourth-order valence-corrected chi connectivity index (χ4v) is 2.04. The first-order valence-electron chi connectivity index (χ1n) is 6.12. The zero-order valence-electron chi connectivity index (χ0n) is 10.6. The molecule has 0 atom stereocenters. The molecule has 1 N–H and O–H groups in total. The standard InChI is InChI=1S/C14H17NO3/c1-3-15(4-2)12-6-5-10-7-11(9-16)14(17)18-13(10)8-12/h5-8,16H,3-4,9H2,1-2H3. The van der Waals surface area contributed by atoms with E-state index in [2.05, 4.69) is 18.7 Å². The minimum atomic E-state index is -0.471. The van der Waals surface area contributed by atoms with Gasteiger partial charge in [0.15, 0.2) is 0 Å². The molecule has 0 saturated carbocycles. The normalized spacial score (nSPS) is 10.8. The number of hydrogen-bond acceptors (Lipinski definition) is 4. The first-order valence-corrected chi connectivity index (χ1v) is 6.12. The average Bonchev–Trinajstić information content (AvgIpc) is 2.39. The highest BCUT2D eigenvalue weighted by atomic mass is 16.4. The molecular weight excluding hydrogens is 230 g/mol. The molecule has 0 aliphatic heterocycles. The van der Waals surface area contributed by atoms with Gasteiger partial charge in [0.25, 0.3) is 0 Å². The van der Waals surface area contributed by atoms with Crippen molar-refractivity contribution in [3.8, 4) is 0 Å². The highest BCUT2D eigenvalue weighted by Gasteiger charge is 2.07. The predicted octanol–water partition coefficient (Wildman–Crippen LogP) is 2.13. The summed E-state index contributed by atoms with van der Waals surface area (Å²) in [5.41, 5.74) is 1.41. The fraction of sp³-hybridized carbons (Fsp3) is 0.357. The van der Waals surface area contributed by atoms with Crippen LogP contribution in [0, 0.1) is 0 Å². The van der Waals surface area contributed by atoms with Crippen LogP contribution in [0.15, 0.2) is 33.5 Å². The summed E-state index contributed by atoms with van der Waals surface area (Å²) in [5.74, 6) is 0. The van der Waals surface area contributed by atoms with Crippen LogP contribution in [0.25, 0.3) is 11.0 Å². The van der Waals surface area contributed by atoms with Crippen molar-refractivity contribution in [2.75, 3.05) is 18.0 Å². The Hall–Kier alpha value is -1.81. The highest BCUT2D eigenvalue weighted by molar-refractivity contribution is 5.81. The van der Waals surface area contributed by atoms with Gasteiger partial charge in [0.2, 0.25) is 0 Å². The molecule has 0 bridgehead atoms. The van der Waals surface area contributed by atoms with Gasteiger partial charge in [0.1, 0.15) is 5.58 Å². The smallest absolute Gasteiger partial charge is 0.341 e. The van der Waals surface area contributed by atoms with Gasteiger partial charge in [-0.25, -0.2) is 4.79 Å². The number of fused-ring (bicyclic) bond motifs is 1. The van der Waals surface area contributed by atoms with Crippen LogP contribution in [0.3, 0.4) is 0 Å². The Bertz CT molecular complexity index is 600. The van der Waals surface area contributed by atoms with Crippen LogP contribution in [0.2, 0.25) is 0 Å². The molecule has 1 heterocycles. The van der Waals surface area contributed by atoms with E-state index in [1.807, 2.05) is 18.2 Å². The molecule has 4 heteroatoms. The summed E-state index contributed by atoms with van der Waals surface area (Å²) in [5, 5.41) is 9.86. The second-order valence-electron chi connectivity index (χ2n) is 4.11. The van der Waals surface area contributed by atoms with Gasteiger partial charge in [0, 0.05) is 30.2 Å². The minimum Gasteiger partial charge on any atom is -0.422 e. The number of aliphatic hydroxyl groups is 1. The lowest BCUT2D eigenvalue weighted by molar-refractivity contribution is 0.276. The van der Waals surface area contributed by atoms with Crippen LogP contribution in [0.4, 0.5) is 5.69 Å². The molecule has 0 saturated heterocycles. The summed E-state index contributed by atoms with van der Waals surface area (Å²) in [4.78, 5) is 13.7. The van der Waals surface area contributed by atoms with Crippen molar-refractivity contribution in [3.63, 3.8) is 0 Å². The Kier molecular flexibility index (Phi) is 3.67. The maximum atomic E-state index is 11.5. The molecular formula is C14H17NO3. The third-order valence-corrected chi connectivity index (χ3v) is 3.09. The highest BCUT2D eigenvalue weighted by Crippen LogP contribution is 2.21. The molecule has 0 radical (unpaired) electrons. The third kappa shape index (κ3) is 2.24. The van der Waals surface area contributed by atoms with E-state index in [9.17, 15) is 4.79 Å². The molecule has 0 spiro atoms. The molecule has 0 aliphatic rings. The monoisotopic (exact) mass is 247 g/mol. The molecule has 0 amide bonds. The minimum absolute atomic E-state index is 0.290. The van der Waals surface area contributed by atoms with Crippen LogP contribution in [0.1, 0.15) is 19.4 Å². The lowest BCUT2D eigenvalue weighted by Gasteiger charge is -2.20. The Morgan fingerprint density at radius 3 is 2.56 bits per heavy atom. The van der Waals surface area contributed by atoms with E-state index >= 15 is 0 Å². The molecule has 2 rings (SSSR count). The molecule has 18 heavy (non-hydrogen) atoms. The molecule has 0 fully saturated rings. The maximum Gasteiger partial charge on any atom is 0.341 e. The van der Waals surface area contributed by atoms with E-state index in [1.165, 1.54) is 0 Å². The van der Waals surface area contributed by atoms with Gasteiger partial charge >= 0.3 is 5.63 Å². The van der Waals surface area contributed by atoms with E-state index in [-0.39, 0.29) is 12.2 Å². The van der Waals surface area contributed by atoms with E-state index < -0.39 is 5.63 Å². The topological polar surface area (TPSA) is 53.7 Å². The second-order valence-corrected chi connectivity index (χ2v) is 4.11. The SMILES string of the molecule is CCN(CC)c1ccc2cc(CO)c(=O)oc2c1. The molecule has 0 unspecified atom stereocenters. The van der Waals surface area contributed by atoms with E-state index in [0.717, 1.165) is 24.2 Å². The van der Waals surface area contributed by atoms with Crippen molar-refractivity contribution in [2.45, 2.75) is 20.5 Å². The lowest BCUT2D eigenvalue weighted by Crippen LogP contribution is -2.21. The lowest BCUT2D eigenvalue weighted by atomic mass is 10.1. The number of benzene rings is 1. The van der Waals surface area contributed by atoms with Gasteiger partial charge in [-0.3, -0.25) is 0 Å². The van der Waals surface area contributed by atoms with Gasteiger partial charge in [-0.05, 0) is 32.0 Å². The summed E-state index contributed by atoms with van der Waals surface area (Å²) in [7, 11) is 0. The van der Waals surface area contributed by atoms with Crippen molar-refractivity contribution >= 4 is 16.7 Å². The van der Waals surface area contributed by atoms with Crippen molar-refractivity contribution in [2.24, 2.45) is 0 Å². The Balaban J connectivity index is 2.55. The van der Waals surface area contributed by atoms with Crippen LogP contribution in [-0.2, 0) is 6.61 Å². The van der Waals surface area contributed by atoms with Gasteiger partial charge in [-0.2, -0.15) is 0 Å². The summed E-state index contributed by atoms with van der Waals surface area (Å²) >= 11 is 0. The molecule has 1 aromatic heterocycles. The van der Waals surface area contributed by atoms with Crippen LogP contribution >= 0.6 is 0 Å². The fourth-order valence-electron chi connectivity index (χ4n) is 2.04. The van der Waals surface area contributed by atoms with Crippen molar-refractivity contribution in [3.05, 3.63) is 40.2 Å². The quantitative estimate of drug-likeness (QED) is 0.841. The second kappa shape index (κ2) is 5.23. The van der Waals surface area contributed by atoms with Crippen LogP contribution < -0.4 is 10.5 Å². The molecule has 0 aliphatic carbocycles. The third-order valence-electron chi connectivity index (χ3n) is 3.09. The Morgan fingerprint density at radius 2 is 1.94 bits per heavy atom. The number of aliphatic hydroxyl groups excluding tert-OH is 1. The zero-order valence-corrected chi connectivity index (χ0v) is 10.6. The predicted molar refractivity (Wildman–Crippen MR) is 72.0 cm³/mol.